The molecule has 0 bridgehead atoms. The highest BCUT2D eigenvalue weighted by Crippen LogP contribution is 2.33. The Morgan fingerprint density at radius 3 is 2.64 bits per heavy atom. The topological polar surface area (TPSA) is 118 Å². The van der Waals surface area contributed by atoms with Gasteiger partial charge in [0.05, 0.1) is 38.5 Å². The molecule has 3 atom stereocenters. The van der Waals surface area contributed by atoms with E-state index < -0.39 is 0 Å². The highest BCUT2D eigenvalue weighted by molar-refractivity contribution is 8.00. The predicted molar refractivity (Wildman–Crippen MR) is 107 cm³/mol. The van der Waals surface area contributed by atoms with Gasteiger partial charge < -0.3 is 30.7 Å². The Kier molecular flexibility index (Phi) is 10.4. The molecule has 0 aromatic heterocycles. The zero-order chi connectivity index (χ0) is 20.2. The molecule has 28 heavy (non-hydrogen) atoms. The molecular weight excluding hydrogens is 384 g/mol. The maximum atomic E-state index is 11.8. The highest BCUT2D eigenvalue weighted by Gasteiger charge is 2.42. The maximum absolute atomic E-state index is 11.8. The van der Waals surface area contributed by atoms with Crippen LogP contribution in [0.2, 0.25) is 0 Å². The zero-order valence-electron chi connectivity index (χ0n) is 16.5. The van der Waals surface area contributed by atoms with E-state index in [1.54, 1.807) is 7.05 Å². The monoisotopic (exact) mass is 416 g/mol. The molecule has 0 aliphatic carbocycles. The number of hydrogen-bond donors (Lipinski definition) is 4. The van der Waals surface area contributed by atoms with E-state index in [1.165, 1.54) is 0 Å². The second-order valence-corrected chi connectivity index (χ2v) is 8.14. The van der Waals surface area contributed by atoms with Crippen LogP contribution in [0.25, 0.3) is 0 Å². The minimum Gasteiger partial charge on any atom is -0.379 e. The van der Waals surface area contributed by atoms with Crippen molar-refractivity contribution in [2.45, 2.75) is 49.4 Å². The predicted octanol–water partition coefficient (Wildman–Crippen LogP) is -0.00230. The Bertz CT molecular complexity index is 522. The molecule has 2 fully saturated rings. The minimum atomic E-state index is -0.0580. The van der Waals surface area contributed by atoms with E-state index in [9.17, 15) is 14.4 Å². The van der Waals surface area contributed by atoms with Gasteiger partial charge in [0.1, 0.15) is 0 Å². The Hall–Kier alpha value is -1.52. The maximum Gasteiger partial charge on any atom is 0.315 e. The van der Waals surface area contributed by atoms with Crippen molar-refractivity contribution >= 4 is 29.6 Å². The summed E-state index contributed by atoms with van der Waals surface area (Å²) in [6, 6.07) is 0.431. The quantitative estimate of drug-likeness (QED) is 0.234. The number of fused-ring (bicyclic) bond motifs is 1. The lowest BCUT2D eigenvalue weighted by Gasteiger charge is -2.16. The second kappa shape index (κ2) is 12.8. The molecule has 160 valence electrons. The van der Waals surface area contributed by atoms with E-state index in [4.69, 9.17) is 9.47 Å². The molecule has 3 unspecified atom stereocenters. The third kappa shape index (κ3) is 8.24. The molecule has 0 aromatic rings. The summed E-state index contributed by atoms with van der Waals surface area (Å²) in [5.41, 5.74) is 0. The molecule has 0 aromatic carbocycles. The molecule has 2 heterocycles. The Labute approximate surface area is 170 Å². The lowest BCUT2D eigenvalue weighted by atomic mass is 10.0. The second-order valence-electron chi connectivity index (χ2n) is 6.87. The Balaban J connectivity index is 1.37. The van der Waals surface area contributed by atoms with Gasteiger partial charge in [-0.15, -0.1) is 0 Å². The number of nitrogens with one attached hydrogen (secondary N) is 4. The van der Waals surface area contributed by atoms with Crippen molar-refractivity contribution in [3.8, 4) is 0 Å². The zero-order valence-corrected chi connectivity index (χ0v) is 17.3. The number of unbranched alkanes of at least 4 members (excludes halogenated alkanes) is 1. The van der Waals surface area contributed by atoms with Crippen LogP contribution in [-0.2, 0) is 19.1 Å². The van der Waals surface area contributed by atoms with Crippen LogP contribution < -0.4 is 21.3 Å². The van der Waals surface area contributed by atoms with E-state index in [0.29, 0.717) is 51.1 Å². The van der Waals surface area contributed by atoms with Gasteiger partial charge in [-0.2, -0.15) is 11.8 Å². The fourth-order valence-corrected chi connectivity index (χ4v) is 4.78. The normalized spacial score (nSPS) is 23.0. The van der Waals surface area contributed by atoms with E-state index >= 15 is 0 Å². The van der Waals surface area contributed by atoms with Crippen molar-refractivity contribution in [3.63, 3.8) is 0 Å². The number of thioether (sulfide) groups is 1. The molecule has 2 aliphatic heterocycles. The van der Waals surface area contributed by atoms with Crippen LogP contribution in [-0.4, -0.2) is 81.0 Å². The molecule has 2 aliphatic rings. The van der Waals surface area contributed by atoms with Crippen LogP contribution in [0.1, 0.15) is 32.1 Å². The molecule has 4 amide bonds. The van der Waals surface area contributed by atoms with E-state index in [2.05, 4.69) is 21.3 Å². The van der Waals surface area contributed by atoms with Crippen molar-refractivity contribution < 1.29 is 23.9 Å². The summed E-state index contributed by atoms with van der Waals surface area (Å²) in [4.78, 5) is 34.2. The first-order valence-electron chi connectivity index (χ1n) is 9.91. The molecule has 10 heteroatoms. The summed E-state index contributed by atoms with van der Waals surface area (Å²) in [6.07, 6.45) is 3.71. The number of rotatable bonds is 14. The van der Waals surface area contributed by atoms with Crippen LogP contribution in [0.3, 0.4) is 0 Å². The van der Waals surface area contributed by atoms with E-state index in [0.717, 1.165) is 25.0 Å². The van der Waals surface area contributed by atoms with Gasteiger partial charge in [0.15, 0.2) is 0 Å². The van der Waals surface area contributed by atoms with Gasteiger partial charge >= 0.3 is 6.03 Å². The van der Waals surface area contributed by atoms with Gasteiger partial charge in [-0.3, -0.25) is 9.59 Å². The Morgan fingerprint density at radius 1 is 1.07 bits per heavy atom. The van der Waals surface area contributed by atoms with Gasteiger partial charge in [0.2, 0.25) is 11.8 Å². The fraction of sp³-hybridized carbons (Fsp3) is 0.833. The number of ether oxygens (including phenoxy) is 2. The standard InChI is InChI=1S/C18H32N4O5S/c1-19-15(23)6-8-26-10-11-27-9-7-20-16(24)5-3-2-4-14-17-13(12-28-14)21-18(25)22-17/h13-14,17H,2-12H2,1H3,(H,19,23)(H,20,24)(H2,21,22,25). The van der Waals surface area contributed by atoms with Crippen molar-refractivity contribution in [2.75, 3.05) is 45.8 Å². The molecule has 4 N–H and O–H groups in total. The van der Waals surface area contributed by atoms with Crippen molar-refractivity contribution in [1.82, 2.24) is 21.3 Å². The molecule has 2 saturated heterocycles. The average Bonchev–Trinajstić information content (AvgIpc) is 3.23. The van der Waals surface area contributed by atoms with Crippen LogP contribution >= 0.6 is 11.8 Å². The Morgan fingerprint density at radius 2 is 1.86 bits per heavy atom. The highest BCUT2D eigenvalue weighted by atomic mass is 32.2. The molecule has 9 nitrogen and oxygen atoms in total. The van der Waals surface area contributed by atoms with Crippen LogP contribution in [0.15, 0.2) is 0 Å². The largest absolute Gasteiger partial charge is 0.379 e. The van der Waals surface area contributed by atoms with Crippen LogP contribution in [0.5, 0.6) is 0 Å². The smallest absolute Gasteiger partial charge is 0.315 e. The lowest BCUT2D eigenvalue weighted by molar-refractivity contribution is -0.122. The van der Waals surface area contributed by atoms with Gasteiger partial charge in [-0.05, 0) is 12.8 Å². The summed E-state index contributed by atoms with van der Waals surface area (Å²) >= 11 is 1.90. The fourth-order valence-electron chi connectivity index (χ4n) is 3.24. The van der Waals surface area contributed by atoms with Gasteiger partial charge in [-0.1, -0.05) is 6.42 Å². The molecular formula is C18H32N4O5S. The van der Waals surface area contributed by atoms with Gasteiger partial charge in [0.25, 0.3) is 0 Å². The average molecular weight is 417 g/mol. The van der Waals surface area contributed by atoms with Crippen LogP contribution in [0.4, 0.5) is 4.79 Å². The SMILES string of the molecule is CNC(=O)CCOCCOCCNC(=O)CCCCC1SCC2NC(=O)NC21. The first kappa shape index (κ1) is 22.8. The first-order chi connectivity index (χ1) is 13.6. The summed E-state index contributed by atoms with van der Waals surface area (Å²) in [5, 5.41) is 11.7. The third-order valence-corrected chi connectivity index (χ3v) is 6.28. The number of amides is 4. The van der Waals surface area contributed by atoms with Crippen molar-refractivity contribution in [1.29, 1.82) is 0 Å². The van der Waals surface area contributed by atoms with Gasteiger partial charge in [-0.25, -0.2) is 4.79 Å². The van der Waals surface area contributed by atoms with E-state index in [-0.39, 0.29) is 29.9 Å². The summed E-state index contributed by atoms with van der Waals surface area (Å²) in [6.45, 7) is 2.18. The number of urea groups is 1. The van der Waals surface area contributed by atoms with Crippen LogP contribution in [0, 0.1) is 0 Å². The molecule has 2 rings (SSSR count). The van der Waals surface area contributed by atoms with Crippen molar-refractivity contribution in [2.24, 2.45) is 0 Å². The summed E-state index contributed by atoms with van der Waals surface area (Å²) in [7, 11) is 1.59. The van der Waals surface area contributed by atoms with Crippen molar-refractivity contribution in [3.05, 3.63) is 0 Å². The lowest BCUT2D eigenvalue weighted by Crippen LogP contribution is -2.36. The number of carbonyl (C=O) groups is 3. The van der Waals surface area contributed by atoms with E-state index in [1.807, 2.05) is 11.8 Å². The molecule has 0 saturated carbocycles. The van der Waals surface area contributed by atoms with Gasteiger partial charge in [0, 0.05) is 37.4 Å². The first-order valence-corrected chi connectivity index (χ1v) is 11.0. The molecule has 0 spiro atoms. The number of carbonyl (C=O) groups excluding carboxylic acids is 3. The summed E-state index contributed by atoms with van der Waals surface area (Å²) < 4.78 is 10.6. The molecule has 0 radical (unpaired) electrons. The summed E-state index contributed by atoms with van der Waals surface area (Å²) in [5.74, 6) is 0.962. The third-order valence-electron chi connectivity index (χ3n) is 4.77. The minimum absolute atomic E-state index is 0.0400. The number of hydrogen-bond acceptors (Lipinski definition) is 6.